The molecule has 0 aromatic rings. The van der Waals surface area contributed by atoms with Gasteiger partial charge in [-0.05, 0) is 20.8 Å². The van der Waals surface area contributed by atoms with Crippen LogP contribution in [0.3, 0.4) is 0 Å². The van der Waals surface area contributed by atoms with Gasteiger partial charge in [-0.25, -0.2) is 0 Å². The minimum atomic E-state index is -1.08. The third kappa shape index (κ3) is 6820. The Morgan fingerprint density at radius 1 is 0.714 bits per heavy atom. The van der Waals surface area contributed by atoms with Gasteiger partial charge in [0.15, 0.2) is 0 Å². The van der Waals surface area contributed by atoms with Gasteiger partial charge in [0.2, 0.25) is 0 Å². The maximum absolute atomic E-state index is 8.89. The van der Waals surface area contributed by atoms with E-state index in [1.54, 1.807) is 0 Å². The van der Waals surface area contributed by atoms with Crippen LogP contribution in [0.2, 0.25) is 0 Å². The number of carbonyl (C=O) groups excluding carboxylic acids is 3. The number of carboxylic acid groups (broad SMARTS) is 3. The molecule has 0 saturated heterocycles. The average Bonchev–Trinajstić information content (AvgIpc) is 1.54. The van der Waals surface area contributed by atoms with Crippen molar-refractivity contribution >= 4 is 17.9 Å². The van der Waals surface area contributed by atoms with Crippen molar-refractivity contribution in [3.8, 4) is 0 Å². The average molecular weight is 334 g/mol. The second-order valence-corrected chi connectivity index (χ2v) is 1.47. The van der Waals surface area contributed by atoms with Crippen LogP contribution in [0.25, 0.3) is 0 Å². The maximum Gasteiger partial charge on any atom is 3.00 e. The SMILES string of the molecule is CC(=O)[O-].CC(=O)[O-].CC(=O)[O-].O.[La+3]. The first-order chi connectivity index (χ1) is 5.20. The molecule has 14 heavy (non-hydrogen) atoms. The first-order valence-corrected chi connectivity index (χ1v) is 2.72. The van der Waals surface area contributed by atoms with Crippen molar-refractivity contribution in [2.75, 3.05) is 0 Å². The summed E-state index contributed by atoms with van der Waals surface area (Å²) in [7, 11) is 0. The van der Waals surface area contributed by atoms with Gasteiger partial charge in [0.1, 0.15) is 0 Å². The molecular formula is C6H11LaO7. The molecule has 0 unspecified atom stereocenters. The molecule has 0 aromatic heterocycles. The van der Waals surface area contributed by atoms with Gasteiger partial charge in [-0.1, -0.05) is 0 Å². The van der Waals surface area contributed by atoms with E-state index in [2.05, 4.69) is 0 Å². The summed E-state index contributed by atoms with van der Waals surface area (Å²) >= 11 is 0. The Labute approximate surface area is 109 Å². The smallest absolute Gasteiger partial charge is 0.550 e. The minimum absolute atomic E-state index is 0. The summed E-state index contributed by atoms with van der Waals surface area (Å²) in [5.74, 6) is -3.25. The second kappa shape index (κ2) is 22.9. The van der Waals surface area contributed by atoms with Crippen LogP contribution in [0, 0.1) is 35.6 Å². The number of aliphatic carboxylic acids is 3. The molecule has 0 spiro atoms. The zero-order valence-electron chi connectivity index (χ0n) is 8.03. The van der Waals surface area contributed by atoms with E-state index in [9.17, 15) is 0 Å². The third-order valence-corrected chi connectivity index (χ3v) is 0. The van der Waals surface area contributed by atoms with Gasteiger partial charge in [-0.2, -0.15) is 0 Å². The molecule has 7 nitrogen and oxygen atoms in total. The predicted molar refractivity (Wildman–Crippen MR) is 35.7 cm³/mol. The van der Waals surface area contributed by atoms with Gasteiger partial charge in [0.25, 0.3) is 0 Å². The number of carbonyl (C=O) groups is 3. The van der Waals surface area contributed by atoms with E-state index in [-0.39, 0.29) is 41.1 Å². The van der Waals surface area contributed by atoms with E-state index in [1.165, 1.54) is 0 Å². The maximum atomic E-state index is 8.89. The zero-order valence-corrected chi connectivity index (χ0v) is 11.7. The summed E-state index contributed by atoms with van der Waals surface area (Å²) in [5.41, 5.74) is 0. The standard InChI is InChI=1S/3C2H4O2.La.H2O/c3*1-2(3)4;;/h3*1H3,(H,3,4);;1H2/q;;;+3;/p-3. The van der Waals surface area contributed by atoms with Crippen molar-refractivity contribution in [2.45, 2.75) is 20.8 Å². The molecule has 0 radical (unpaired) electrons. The minimum Gasteiger partial charge on any atom is -0.550 e. The van der Waals surface area contributed by atoms with Crippen molar-refractivity contribution in [3.05, 3.63) is 0 Å². The molecule has 2 N–H and O–H groups in total. The van der Waals surface area contributed by atoms with Crippen LogP contribution in [0.15, 0.2) is 0 Å². The first-order valence-electron chi connectivity index (χ1n) is 2.72. The molecule has 0 aromatic carbocycles. The zero-order chi connectivity index (χ0) is 10.7. The molecule has 80 valence electrons. The molecule has 0 rings (SSSR count). The molecule has 0 fully saturated rings. The largest absolute Gasteiger partial charge is 3.00 e. The van der Waals surface area contributed by atoms with Crippen molar-refractivity contribution in [1.29, 1.82) is 0 Å². The van der Waals surface area contributed by atoms with Crippen LogP contribution >= 0.6 is 0 Å². The molecule has 8 heteroatoms. The Morgan fingerprint density at radius 3 is 0.714 bits per heavy atom. The molecule has 0 aliphatic heterocycles. The molecule has 0 aliphatic carbocycles. The normalized spacial score (nSPS) is 5.36. The number of carboxylic acids is 3. The van der Waals surface area contributed by atoms with Gasteiger partial charge in [0.05, 0.1) is 0 Å². The van der Waals surface area contributed by atoms with Gasteiger partial charge in [-0.15, -0.1) is 0 Å². The van der Waals surface area contributed by atoms with Crippen molar-refractivity contribution in [2.24, 2.45) is 0 Å². The molecule has 0 heterocycles. The summed E-state index contributed by atoms with van der Waals surface area (Å²) in [6, 6.07) is 0. The molecule has 0 saturated carbocycles. The van der Waals surface area contributed by atoms with E-state index in [0.29, 0.717) is 0 Å². The number of hydrogen-bond donors (Lipinski definition) is 0. The Bertz CT molecular complexity index is 116. The van der Waals surface area contributed by atoms with Gasteiger partial charge >= 0.3 is 35.6 Å². The van der Waals surface area contributed by atoms with Crippen LogP contribution in [0.5, 0.6) is 0 Å². The fourth-order valence-corrected chi connectivity index (χ4v) is 0. The summed E-state index contributed by atoms with van der Waals surface area (Å²) in [6.45, 7) is 2.92. The van der Waals surface area contributed by atoms with Crippen LogP contribution in [0.4, 0.5) is 0 Å². The molecule has 0 atom stereocenters. The monoisotopic (exact) mass is 334 g/mol. The van der Waals surface area contributed by atoms with E-state index in [1.807, 2.05) is 0 Å². The van der Waals surface area contributed by atoms with E-state index >= 15 is 0 Å². The molecule has 0 amide bonds. The number of hydrogen-bond acceptors (Lipinski definition) is 6. The summed E-state index contributed by atoms with van der Waals surface area (Å²) in [4.78, 5) is 26.7. The van der Waals surface area contributed by atoms with E-state index < -0.39 is 17.9 Å². The second-order valence-electron chi connectivity index (χ2n) is 1.47. The first kappa shape index (κ1) is 29.2. The van der Waals surface area contributed by atoms with E-state index in [4.69, 9.17) is 29.7 Å². The van der Waals surface area contributed by atoms with Crippen LogP contribution in [-0.4, -0.2) is 23.4 Å². The van der Waals surface area contributed by atoms with Crippen LogP contribution in [-0.2, 0) is 14.4 Å². The van der Waals surface area contributed by atoms with Crippen LogP contribution in [0.1, 0.15) is 20.8 Å². The summed E-state index contributed by atoms with van der Waals surface area (Å²) in [6.07, 6.45) is 0. The Kier molecular flexibility index (Phi) is 47.8. The summed E-state index contributed by atoms with van der Waals surface area (Å²) in [5, 5.41) is 26.7. The number of rotatable bonds is 0. The fraction of sp³-hybridized carbons (Fsp3) is 0.500. The van der Waals surface area contributed by atoms with Crippen LogP contribution < -0.4 is 15.3 Å². The van der Waals surface area contributed by atoms with E-state index in [0.717, 1.165) is 20.8 Å². The van der Waals surface area contributed by atoms with Crippen molar-refractivity contribution < 1.29 is 70.8 Å². The Hall–Kier alpha value is -0.435. The van der Waals surface area contributed by atoms with Gasteiger partial charge < -0.3 is 35.2 Å². The topological polar surface area (TPSA) is 152 Å². The molecular weight excluding hydrogens is 323 g/mol. The fourth-order valence-electron chi connectivity index (χ4n) is 0. The Morgan fingerprint density at radius 2 is 0.714 bits per heavy atom. The molecule has 0 bridgehead atoms. The van der Waals surface area contributed by atoms with Crippen molar-refractivity contribution in [3.63, 3.8) is 0 Å². The Balaban J connectivity index is -0.0000000270. The predicted octanol–water partition coefficient (Wildman–Crippen LogP) is -4.56. The third-order valence-electron chi connectivity index (χ3n) is 0. The summed E-state index contributed by atoms with van der Waals surface area (Å²) < 4.78 is 0. The van der Waals surface area contributed by atoms with Gasteiger partial charge in [0, 0.05) is 17.9 Å². The van der Waals surface area contributed by atoms with Crippen molar-refractivity contribution in [1.82, 2.24) is 0 Å². The molecule has 0 aliphatic rings. The van der Waals surface area contributed by atoms with Gasteiger partial charge in [-0.3, -0.25) is 0 Å². The quantitative estimate of drug-likeness (QED) is 0.435.